The van der Waals surface area contributed by atoms with Gasteiger partial charge in [-0.25, -0.2) is 0 Å². The third-order valence-electron chi connectivity index (χ3n) is 3.73. The molecule has 2 fully saturated rings. The van der Waals surface area contributed by atoms with Gasteiger partial charge in [-0.05, 0) is 38.1 Å². The molecule has 1 aliphatic carbocycles. The molecular formula is C12H20ClN. The fraction of sp³-hybridized carbons (Fsp3) is 0.833. The molecule has 0 aromatic rings. The van der Waals surface area contributed by atoms with Crippen molar-refractivity contribution in [1.29, 1.82) is 0 Å². The van der Waals surface area contributed by atoms with Gasteiger partial charge in [0.05, 0.1) is 0 Å². The van der Waals surface area contributed by atoms with Crippen LogP contribution < -0.4 is 0 Å². The molecule has 0 radical (unpaired) electrons. The number of halogens is 1. The van der Waals surface area contributed by atoms with E-state index in [-0.39, 0.29) is 0 Å². The minimum atomic E-state index is 0.802. The molecule has 80 valence electrons. The molecule has 0 aromatic carbocycles. The number of nitrogens with zero attached hydrogens (tertiary/aromatic N) is 1. The zero-order valence-corrected chi connectivity index (χ0v) is 9.60. The van der Waals surface area contributed by atoms with Crippen molar-refractivity contribution < 1.29 is 0 Å². The van der Waals surface area contributed by atoms with Gasteiger partial charge in [-0.3, -0.25) is 4.90 Å². The zero-order valence-electron chi connectivity index (χ0n) is 8.84. The van der Waals surface area contributed by atoms with Crippen LogP contribution in [0.25, 0.3) is 0 Å². The normalized spacial score (nSPS) is 33.8. The number of rotatable bonds is 2. The zero-order chi connectivity index (χ0) is 9.97. The van der Waals surface area contributed by atoms with Gasteiger partial charge in [0.1, 0.15) is 0 Å². The minimum Gasteiger partial charge on any atom is -0.295 e. The average molecular weight is 214 g/mol. The smallest absolute Gasteiger partial charge is 0.0338 e. The molecule has 2 heteroatoms. The Morgan fingerprint density at radius 2 is 1.93 bits per heavy atom. The molecule has 1 nitrogen and oxygen atoms in total. The van der Waals surface area contributed by atoms with Gasteiger partial charge in [-0.1, -0.05) is 31.0 Å². The van der Waals surface area contributed by atoms with Crippen molar-refractivity contribution in [2.75, 3.05) is 13.1 Å². The lowest BCUT2D eigenvalue weighted by molar-refractivity contribution is 0.0704. The first-order valence-electron chi connectivity index (χ1n) is 5.84. The Bertz CT molecular complexity index is 212. The summed E-state index contributed by atoms with van der Waals surface area (Å²) in [7, 11) is 0. The predicted octanol–water partition coefficient (Wildman–Crippen LogP) is 3.39. The average Bonchev–Trinajstić information content (AvgIpc) is 2.18. The van der Waals surface area contributed by atoms with Crippen LogP contribution in [0.5, 0.6) is 0 Å². The minimum absolute atomic E-state index is 0.802. The topological polar surface area (TPSA) is 3.24 Å². The molecule has 1 saturated heterocycles. The molecule has 0 N–H and O–H groups in total. The Morgan fingerprint density at radius 1 is 1.21 bits per heavy atom. The van der Waals surface area contributed by atoms with Gasteiger partial charge < -0.3 is 0 Å². The van der Waals surface area contributed by atoms with Crippen molar-refractivity contribution in [2.45, 2.75) is 44.6 Å². The van der Waals surface area contributed by atoms with Gasteiger partial charge in [-0.15, -0.1) is 0 Å². The number of hydrogen-bond acceptors (Lipinski definition) is 1. The van der Waals surface area contributed by atoms with Crippen LogP contribution in [0.1, 0.15) is 38.5 Å². The van der Waals surface area contributed by atoms with Crippen LogP contribution in [0.3, 0.4) is 0 Å². The Kier molecular flexibility index (Phi) is 3.51. The standard InChI is InChI=1S/C12H20ClN/c1-10(13)9-14-8-4-6-11-5-2-3-7-12(11)14/h11-12H,1-9H2. The number of fused-ring (bicyclic) bond motifs is 1. The Morgan fingerprint density at radius 3 is 2.71 bits per heavy atom. The maximum Gasteiger partial charge on any atom is 0.0338 e. The van der Waals surface area contributed by atoms with Crippen LogP contribution in [-0.2, 0) is 0 Å². The molecule has 0 amide bonds. The van der Waals surface area contributed by atoms with Crippen LogP contribution in [0.4, 0.5) is 0 Å². The molecule has 2 unspecified atom stereocenters. The van der Waals surface area contributed by atoms with Crippen molar-refractivity contribution in [3.8, 4) is 0 Å². The van der Waals surface area contributed by atoms with Crippen LogP contribution >= 0.6 is 11.6 Å². The lowest BCUT2D eigenvalue weighted by atomic mass is 9.78. The summed E-state index contributed by atoms with van der Waals surface area (Å²) in [6.07, 6.45) is 8.47. The molecular weight excluding hydrogens is 194 g/mol. The van der Waals surface area contributed by atoms with Gasteiger partial charge in [0.25, 0.3) is 0 Å². The molecule has 1 saturated carbocycles. The van der Waals surface area contributed by atoms with Crippen molar-refractivity contribution >= 4 is 11.6 Å². The fourth-order valence-electron chi connectivity index (χ4n) is 3.14. The van der Waals surface area contributed by atoms with Crippen LogP contribution in [0.2, 0.25) is 0 Å². The largest absolute Gasteiger partial charge is 0.295 e. The molecule has 2 rings (SSSR count). The number of piperidine rings is 1. The maximum absolute atomic E-state index is 5.91. The molecule has 0 spiro atoms. The van der Waals surface area contributed by atoms with E-state index in [1.165, 1.54) is 45.1 Å². The summed E-state index contributed by atoms with van der Waals surface area (Å²) in [6.45, 7) is 5.95. The van der Waals surface area contributed by atoms with Gasteiger partial charge in [-0.2, -0.15) is 0 Å². The van der Waals surface area contributed by atoms with Crippen molar-refractivity contribution in [3.63, 3.8) is 0 Å². The van der Waals surface area contributed by atoms with E-state index in [4.69, 9.17) is 11.6 Å². The Balaban J connectivity index is 1.97. The summed E-state index contributed by atoms with van der Waals surface area (Å²) in [5.41, 5.74) is 0. The molecule has 0 bridgehead atoms. The van der Waals surface area contributed by atoms with Crippen LogP contribution in [0.15, 0.2) is 11.6 Å². The monoisotopic (exact) mass is 213 g/mol. The highest BCUT2D eigenvalue weighted by molar-refractivity contribution is 6.29. The molecule has 0 aromatic heterocycles. The van der Waals surface area contributed by atoms with E-state index >= 15 is 0 Å². The van der Waals surface area contributed by atoms with E-state index in [9.17, 15) is 0 Å². The van der Waals surface area contributed by atoms with E-state index in [1.807, 2.05) is 0 Å². The second kappa shape index (κ2) is 4.67. The number of hydrogen-bond donors (Lipinski definition) is 0. The Hall–Kier alpha value is -0.0100. The second-order valence-corrected chi connectivity index (χ2v) is 5.28. The Labute approximate surface area is 92.1 Å². The molecule has 1 heterocycles. The summed E-state index contributed by atoms with van der Waals surface area (Å²) in [6, 6.07) is 0.813. The van der Waals surface area contributed by atoms with E-state index in [0.717, 1.165) is 23.5 Å². The lowest BCUT2D eigenvalue weighted by Crippen LogP contribution is -2.47. The van der Waals surface area contributed by atoms with E-state index in [0.29, 0.717) is 0 Å². The third-order valence-corrected chi connectivity index (χ3v) is 3.85. The first kappa shape index (κ1) is 10.5. The predicted molar refractivity (Wildman–Crippen MR) is 61.5 cm³/mol. The van der Waals surface area contributed by atoms with Crippen molar-refractivity contribution in [3.05, 3.63) is 11.6 Å². The summed E-state index contributed by atoms with van der Waals surface area (Å²) < 4.78 is 0. The van der Waals surface area contributed by atoms with Crippen molar-refractivity contribution in [1.82, 2.24) is 4.90 Å². The van der Waals surface area contributed by atoms with E-state index in [2.05, 4.69) is 11.5 Å². The highest BCUT2D eigenvalue weighted by Gasteiger charge is 2.32. The quantitative estimate of drug-likeness (QED) is 0.680. The summed E-state index contributed by atoms with van der Waals surface area (Å²) >= 11 is 5.91. The number of likely N-dealkylation sites (tertiary alicyclic amines) is 1. The van der Waals surface area contributed by atoms with Gasteiger partial charge in [0, 0.05) is 17.6 Å². The highest BCUT2D eigenvalue weighted by atomic mass is 35.5. The third kappa shape index (κ3) is 2.32. The first-order valence-corrected chi connectivity index (χ1v) is 6.22. The second-order valence-electron chi connectivity index (χ2n) is 4.74. The summed E-state index contributed by atoms with van der Waals surface area (Å²) in [5.74, 6) is 0.952. The summed E-state index contributed by atoms with van der Waals surface area (Å²) in [5, 5.41) is 0.802. The van der Waals surface area contributed by atoms with Crippen LogP contribution in [0, 0.1) is 5.92 Å². The lowest BCUT2D eigenvalue weighted by Gasteiger charge is -2.44. The fourth-order valence-corrected chi connectivity index (χ4v) is 3.30. The van der Waals surface area contributed by atoms with Gasteiger partial charge in [0.2, 0.25) is 0 Å². The molecule has 14 heavy (non-hydrogen) atoms. The molecule has 2 aliphatic rings. The SMILES string of the molecule is C=C(Cl)CN1CCCC2CCCCC21. The van der Waals surface area contributed by atoms with Crippen LogP contribution in [-0.4, -0.2) is 24.0 Å². The van der Waals surface area contributed by atoms with Crippen molar-refractivity contribution in [2.24, 2.45) is 5.92 Å². The highest BCUT2D eigenvalue weighted by Crippen LogP contribution is 2.35. The first-order chi connectivity index (χ1) is 6.77. The summed E-state index contributed by atoms with van der Waals surface area (Å²) in [4.78, 5) is 2.56. The molecule has 2 atom stereocenters. The van der Waals surface area contributed by atoms with E-state index < -0.39 is 0 Å². The maximum atomic E-state index is 5.91. The van der Waals surface area contributed by atoms with E-state index in [1.54, 1.807) is 0 Å². The van der Waals surface area contributed by atoms with Gasteiger partial charge in [0.15, 0.2) is 0 Å². The molecule has 1 aliphatic heterocycles. The van der Waals surface area contributed by atoms with Gasteiger partial charge >= 0.3 is 0 Å².